The Kier molecular flexibility index (Phi) is 4.51. The van der Waals surface area contributed by atoms with Gasteiger partial charge in [0.15, 0.2) is 0 Å². The third-order valence-corrected chi connectivity index (χ3v) is 3.19. The van der Waals surface area contributed by atoms with Gasteiger partial charge >= 0.3 is 0 Å². The Hall–Kier alpha value is -1.10. The summed E-state index contributed by atoms with van der Waals surface area (Å²) in [6.45, 7) is 6.57. The van der Waals surface area contributed by atoms with Crippen molar-refractivity contribution in [3.05, 3.63) is 0 Å². The molecule has 1 heterocycles. The molecule has 0 spiro atoms. The normalized spacial score (nSPS) is 23.8. The standard InChI is InChI=1S/C12H22N2O3/c1-9-10(15)14(7-5-6-8-17-4)12(2,3)11(16)13-9/h9H,5-8H2,1-4H3,(H,13,16). The summed E-state index contributed by atoms with van der Waals surface area (Å²) in [6.07, 6.45) is 1.75. The van der Waals surface area contributed by atoms with Crippen molar-refractivity contribution in [3.63, 3.8) is 0 Å². The summed E-state index contributed by atoms with van der Waals surface area (Å²) in [5, 5.41) is 2.70. The summed E-state index contributed by atoms with van der Waals surface area (Å²) < 4.78 is 4.97. The maximum absolute atomic E-state index is 12.0. The number of ether oxygens (including phenoxy) is 1. The first-order valence-electron chi connectivity index (χ1n) is 6.02. The Morgan fingerprint density at radius 2 is 2.00 bits per heavy atom. The van der Waals surface area contributed by atoms with Crippen molar-refractivity contribution in [1.29, 1.82) is 0 Å². The zero-order valence-electron chi connectivity index (χ0n) is 11.1. The van der Waals surface area contributed by atoms with Gasteiger partial charge in [-0.15, -0.1) is 0 Å². The molecule has 17 heavy (non-hydrogen) atoms. The fourth-order valence-electron chi connectivity index (χ4n) is 1.97. The number of amides is 2. The van der Waals surface area contributed by atoms with Gasteiger partial charge in [0.05, 0.1) is 0 Å². The van der Waals surface area contributed by atoms with Crippen LogP contribution in [-0.4, -0.2) is 48.6 Å². The lowest BCUT2D eigenvalue weighted by Crippen LogP contribution is -2.67. The summed E-state index contributed by atoms with van der Waals surface area (Å²) in [4.78, 5) is 25.5. The molecule has 0 bridgehead atoms. The average molecular weight is 242 g/mol. The predicted molar refractivity (Wildman–Crippen MR) is 64.5 cm³/mol. The molecule has 1 aliphatic rings. The largest absolute Gasteiger partial charge is 0.385 e. The van der Waals surface area contributed by atoms with Crippen molar-refractivity contribution >= 4 is 11.8 Å². The van der Waals surface area contributed by atoms with Gasteiger partial charge in [-0.05, 0) is 33.6 Å². The summed E-state index contributed by atoms with van der Waals surface area (Å²) >= 11 is 0. The van der Waals surface area contributed by atoms with Crippen LogP contribution in [0, 0.1) is 0 Å². The van der Waals surface area contributed by atoms with Crippen LogP contribution in [0.3, 0.4) is 0 Å². The summed E-state index contributed by atoms with van der Waals surface area (Å²) in [6, 6.07) is -0.419. The smallest absolute Gasteiger partial charge is 0.246 e. The van der Waals surface area contributed by atoms with Crippen LogP contribution in [0.1, 0.15) is 33.6 Å². The third kappa shape index (κ3) is 2.97. The van der Waals surface area contributed by atoms with Gasteiger partial charge in [0.2, 0.25) is 11.8 Å². The quantitative estimate of drug-likeness (QED) is 0.716. The molecule has 5 nitrogen and oxygen atoms in total. The Morgan fingerprint density at radius 1 is 1.35 bits per heavy atom. The van der Waals surface area contributed by atoms with E-state index in [0.717, 1.165) is 12.8 Å². The molecule has 0 aromatic rings. The fraction of sp³-hybridized carbons (Fsp3) is 0.833. The van der Waals surface area contributed by atoms with Crippen LogP contribution in [0.2, 0.25) is 0 Å². The maximum atomic E-state index is 12.0. The molecule has 1 atom stereocenters. The number of piperazine rings is 1. The Morgan fingerprint density at radius 3 is 2.59 bits per heavy atom. The van der Waals surface area contributed by atoms with E-state index in [2.05, 4.69) is 5.32 Å². The van der Waals surface area contributed by atoms with E-state index in [1.54, 1.807) is 32.8 Å². The highest BCUT2D eigenvalue weighted by atomic mass is 16.5. The van der Waals surface area contributed by atoms with Crippen LogP contribution < -0.4 is 5.32 Å². The van der Waals surface area contributed by atoms with Gasteiger partial charge in [-0.2, -0.15) is 0 Å². The Bertz CT molecular complexity index is 302. The lowest BCUT2D eigenvalue weighted by atomic mass is 9.95. The highest BCUT2D eigenvalue weighted by molar-refractivity contribution is 5.99. The molecule has 1 saturated heterocycles. The lowest BCUT2D eigenvalue weighted by Gasteiger charge is -2.43. The van der Waals surface area contributed by atoms with Crippen LogP contribution >= 0.6 is 0 Å². The van der Waals surface area contributed by atoms with Crippen molar-refractivity contribution in [2.75, 3.05) is 20.3 Å². The average Bonchev–Trinajstić information content (AvgIpc) is 2.26. The minimum atomic E-state index is -0.753. The Labute approximate surface area is 102 Å². The highest BCUT2D eigenvalue weighted by Gasteiger charge is 2.44. The zero-order chi connectivity index (χ0) is 13.1. The molecule has 1 N–H and O–H groups in total. The van der Waals surface area contributed by atoms with E-state index in [1.165, 1.54) is 0 Å². The van der Waals surface area contributed by atoms with E-state index in [0.29, 0.717) is 13.2 Å². The van der Waals surface area contributed by atoms with Gasteiger partial charge < -0.3 is 15.0 Å². The topological polar surface area (TPSA) is 58.6 Å². The zero-order valence-corrected chi connectivity index (χ0v) is 11.1. The number of carbonyl (C=O) groups excluding carboxylic acids is 2. The second-order valence-electron chi connectivity index (χ2n) is 4.94. The number of hydrogen-bond donors (Lipinski definition) is 1. The molecular weight excluding hydrogens is 220 g/mol. The van der Waals surface area contributed by atoms with Gasteiger partial charge in [-0.3, -0.25) is 9.59 Å². The summed E-state index contributed by atoms with van der Waals surface area (Å²) in [7, 11) is 1.66. The number of rotatable bonds is 5. The number of unbranched alkanes of at least 4 members (excludes halogenated alkanes) is 1. The molecule has 0 radical (unpaired) electrons. The molecule has 1 unspecified atom stereocenters. The van der Waals surface area contributed by atoms with Crippen LogP contribution in [0.5, 0.6) is 0 Å². The van der Waals surface area contributed by atoms with Gasteiger partial charge in [0.25, 0.3) is 0 Å². The molecule has 1 fully saturated rings. The van der Waals surface area contributed by atoms with E-state index >= 15 is 0 Å². The number of carbonyl (C=O) groups is 2. The van der Waals surface area contributed by atoms with E-state index in [-0.39, 0.29) is 11.8 Å². The highest BCUT2D eigenvalue weighted by Crippen LogP contribution is 2.21. The first-order valence-corrected chi connectivity index (χ1v) is 6.02. The molecule has 1 aliphatic heterocycles. The van der Waals surface area contributed by atoms with Crippen LogP contribution in [0.4, 0.5) is 0 Å². The maximum Gasteiger partial charge on any atom is 0.246 e. The number of methoxy groups -OCH3 is 1. The van der Waals surface area contributed by atoms with Crippen LogP contribution in [-0.2, 0) is 14.3 Å². The minimum Gasteiger partial charge on any atom is -0.385 e. The Balaban J connectivity index is 2.64. The van der Waals surface area contributed by atoms with Crippen molar-refractivity contribution in [1.82, 2.24) is 10.2 Å². The monoisotopic (exact) mass is 242 g/mol. The second-order valence-corrected chi connectivity index (χ2v) is 4.94. The van der Waals surface area contributed by atoms with Crippen molar-refractivity contribution in [2.45, 2.75) is 45.2 Å². The van der Waals surface area contributed by atoms with Gasteiger partial charge in [0.1, 0.15) is 11.6 Å². The SMILES string of the molecule is COCCCCN1C(=O)C(C)NC(=O)C1(C)C. The number of nitrogens with zero attached hydrogens (tertiary/aromatic N) is 1. The molecule has 1 rings (SSSR count). The van der Waals surface area contributed by atoms with Gasteiger partial charge in [-0.25, -0.2) is 0 Å². The molecule has 5 heteroatoms. The molecule has 0 aliphatic carbocycles. The number of hydrogen-bond acceptors (Lipinski definition) is 3. The van der Waals surface area contributed by atoms with E-state index in [1.807, 2.05) is 0 Å². The first-order chi connectivity index (χ1) is 7.91. The first kappa shape index (κ1) is 14.0. The van der Waals surface area contributed by atoms with Crippen molar-refractivity contribution in [3.8, 4) is 0 Å². The van der Waals surface area contributed by atoms with Gasteiger partial charge in [0, 0.05) is 20.3 Å². The molecule has 0 aromatic carbocycles. The van der Waals surface area contributed by atoms with E-state index in [4.69, 9.17) is 4.74 Å². The summed E-state index contributed by atoms with van der Waals surface area (Å²) in [5.41, 5.74) is -0.753. The fourth-order valence-corrected chi connectivity index (χ4v) is 1.97. The molecule has 0 aromatic heterocycles. The third-order valence-electron chi connectivity index (χ3n) is 3.19. The van der Waals surface area contributed by atoms with Crippen molar-refractivity contribution < 1.29 is 14.3 Å². The lowest BCUT2D eigenvalue weighted by molar-refractivity contribution is -0.154. The van der Waals surface area contributed by atoms with Crippen LogP contribution in [0.15, 0.2) is 0 Å². The van der Waals surface area contributed by atoms with E-state index < -0.39 is 11.6 Å². The predicted octanol–water partition coefficient (Wildman–Crippen LogP) is 0.539. The number of nitrogens with one attached hydrogen (secondary N) is 1. The molecule has 2 amide bonds. The van der Waals surface area contributed by atoms with Crippen LogP contribution in [0.25, 0.3) is 0 Å². The minimum absolute atomic E-state index is 0.00739. The molecule has 98 valence electrons. The van der Waals surface area contributed by atoms with E-state index in [9.17, 15) is 9.59 Å². The second kappa shape index (κ2) is 5.49. The summed E-state index contributed by atoms with van der Waals surface area (Å²) in [5.74, 6) is -0.0941. The van der Waals surface area contributed by atoms with Gasteiger partial charge in [-0.1, -0.05) is 0 Å². The van der Waals surface area contributed by atoms with Crippen molar-refractivity contribution in [2.24, 2.45) is 0 Å². The molecule has 0 saturated carbocycles. The molecular formula is C12H22N2O3.